The summed E-state index contributed by atoms with van der Waals surface area (Å²) in [6, 6.07) is 5.91. The summed E-state index contributed by atoms with van der Waals surface area (Å²) in [5.74, 6) is -1.02. The van der Waals surface area contributed by atoms with Crippen LogP contribution in [0.1, 0.15) is 35.7 Å². The highest BCUT2D eigenvalue weighted by Gasteiger charge is 2.44. The van der Waals surface area contributed by atoms with E-state index in [1.54, 1.807) is 6.07 Å². The molecule has 3 heterocycles. The second-order valence-electron chi connectivity index (χ2n) is 9.29. The van der Waals surface area contributed by atoms with Crippen LogP contribution in [0.3, 0.4) is 0 Å². The van der Waals surface area contributed by atoms with Crippen molar-refractivity contribution in [1.29, 1.82) is 0 Å². The Labute approximate surface area is 219 Å². The molecule has 12 heteroatoms. The molecule has 0 spiro atoms. The van der Waals surface area contributed by atoms with Crippen molar-refractivity contribution in [2.24, 2.45) is 0 Å². The number of hydrogen-bond acceptors (Lipinski definition) is 7. The lowest BCUT2D eigenvalue weighted by Gasteiger charge is -2.39. The second kappa shape index (κ2) is 9.90. The molecule has 38 heavy (non-hydrogen) atoms. The third-order valence-electron chi connectivity index (χ3n) is 7.08. The largest absolute Gasteiger partial charge is 0.374 e. The Bertz CT molecular complexity index is 1570. The second-order valence-corrected chi connectivity index (χ2v) is 10.9. The Morgan fingerprint density at radius 3 is 2.71 bits per heavy atom. The molecule has 2 aliphatic rings. The lowest BCUT2D eigenvalue weighted by atomic mass is 9.91. The van der Waals surface area contributed by atoms with E-state index in [0.717, 1.165) is 6.42 Å². The van der Waals surface area contributed by atoms with Gasteiger partial charge in [-0.15, -0.1) is 4.98 Å². The monoisotopic (exact) mass is 539 g/mol. The zero-order valence-corrected chi connectivity index (χ0v) is 21.8. The van der Waals surface area contributed by atoms with Crippen molar-refractivity contribution >= 4 is 21.7 Å². The maximum atomic E-state index is 15.0. The molecule has 2 aromatic heterocycles. The molecule has 0 bridgehead atoms. The lowest BCUT2D eigenvalue weighted by molar-refractivity contribution is -0.206. The van der Waals surface area contributed by atoms with E-state index in [9.17, 15) is 17.6 Å². The van der Waals surface area contributed by atoms with Crippen molar-refractivity contribution in [3.8, 4) is 11.1 Å². The number of aromatic nitrogens is 3. The summed E-state index contributed by atoms with van der Waals surface area (Å²) in [6.07, 6.45) is 3.00. The van der Waals surface area contributed by atoms with Gasteiger partial charge in [-0.3, -0.25) is 9.48 Å². The molecule has 1 aliphatic heterocycles. The van der Waals surface area contributed by atoms with Gasteiger partial charge >= 0.3 is 0 Å². The van der Waals surface area contributed by atoms with Crippen LogP contribution in [0, 0.1) is 12.4 Å². The number of sulfonamides is 1. The Kier molecular flexibility index (Phi) is 6.77. The Morgan fingerprint density at radius 1 is 1.29 bits per heavy atom. The number of aryl methyl sites for hydroxylation is 1. The molecule has 0 saturated carbocycles. The SMILES string of the molecule is [C-]#[N+]c1cc(-c2cc(F)c3c(c2CC(=O)NS(=O)(=O)c2cc(C4(OC)COC4)n(CC)n2)CCC3)ccn1. The van der Waals surface area contributed by atoms with Gasteiger partial charge in [0.05, 0.1) is 25.3 Å². The summed E-state index contributed by atoms with van der Waals surface area (Å²) >= 11 is 0. The predicted molar refractivity (Wildman–Crippen MR) is 134 cm³/mol. The van der Waals surface area contributed by atoms with Gasteiger partial charge in [0, 0.05) is 19.7 Å². The van der Waals surface area contributed by atoms with Crippen LogP contribution in [0.15, 0.2) is 35.5 Å². The molecule has 5 rings (SSSR count). The zero-order chi connectivity index (χ0) is 27.1. The van der Waals surface area contributed by atoms with Crippen LogP contribution in [0.5, 0.6) is 0 Å². The van der Waals surface area contributed by atoms with Crippen molar-refractivity contribution in [2.45, 2.75) is 49.8 Å². The number of fused-ring (bicyclic) bond motifs is 1. The predicted octanol–water partition coefficient (Wildman–Crippen LogP) is 3.06. The van der Waals surface area contributed by atoms with E-state index >= 15 is 0 Å². The first-order valence-electron chi connectivity index (χ1n) is 12.1. The van der Waals surface area contributed by atoms with Gasteiger partial charge in [0.2, 0.25) is 5.91 Å². The van der Waals surface area contributed by atoms with Crippen LogP contribution in [0.4, 0.5) is 10.2 Å². The average Bonchev–Trinajstić information content (AvgIpc) is 3.54. The van der Waals surface area contributed by atoms with Gasteiger partial charge in [-0.05, 0) is 72.2 Å². The topological polar surface area (TPSA) is 117 Å². The van der Waals surface area contributed by atoms with Gasteiger partial charge in [-0.1, -0.05) is 6.57 Å². The van der Waals surface area contributed by atoms with Gasteiger partial charge in [-0.2, -0.15) is 13.5 Å². The summed E-state index contributed by atoms with van der Waals surface area (Å²) < 4.78 is 55.8. The summed E-state index contributed by atoms with van der Waals surface area (Å²) in [4.78, 5) is 20.5. The molecule has 3 aromatic rings. The highest BCUT2D eigenvalue weighted by atomic mass is 32.2. The number of carbonyl (C=O) groups is 1. The van der Waals surface area contributed by atoms with Crippen molar-refractivity contribution in [2.75, 3.05) is 20.3 Å². The van der Waals surface area contributed by atoms with Crippen LogP contribution in [-0.2, 0) is 55.7 Å². The Hall–Kier alpha value is -3.66. The minimum absolute atomic E-state index is 0.134. The third-order valence-corrected chi connectivity index (χ3v) is 8.33. The third kappa shape index (κ3) is 4.47. The number of hydrogen-bond donors (Lipinski definition) is 1. The van der Waals surface area contributed by atoms with E-state index in [1.807, 2.05) is 6.92 Å². The summed E-state index contributed by atoms with van der Waals surface area (Å²) in [5.41, 5.74) is 2.51. The highest BCUT2D eigenvalue weighted by molar-refractivity contribution is 7.90. The fourth-order valence-electron chi connectivity index (χ4n) is 5.10. The van der Waals surface area contributed by atoms with E-state index in [-0.39, 0.29) is 36.3 Å². The van der Waals surface area contributed by atoms with Crippen molar-refractivity contribution in [1.82, 2.24) is 19.5 Å². The normalized spacial score (nSPS) is 15.9. The van der Waals surface area contributed by atoms with Crippen LogP contribution in [0.25, 0.3) is 16.0 Å². The van der Waals surface area contributed by atoms with Gasteiger partial charge in [-0.25, -0.2) is 9.11 Å². The van der Waals surface area contributed by atoms with Crippen LogP contribution >= 0.6 is 0 Å². The van der Waals surface area contributed by atoms with E-state index < -0.39 is 21.5 Å². The van der Waals surface area contributed by atoms with Gasteiger partial charge in [0.15, 0.2) is 10.6 Å². The smallest absolute Gasteiger partial charge is 0.283 e. The number of benzene rings is 1. The van der Waals surface area contributed by atoms with E-state index in [1.165, 1.54) is 36.2 Å². The fraction of sp³-hybridized carbons (Fsp3) is 0.385. The molecular formula is C26H26FN5O5S. The molecule has 1 amide bonds. The number of nitrogens with zero attached hydrogens (tertiary/aromatic N) is 4. The zero-order valence-electron chi connectivity index (χ0n) is 21.0. The van der Waals surface area contributed by atoms with E-state index in [2.05, 4.69) is 19.6 Å². The van der Waals surface area contributed by atoms with E-state index in [4.69, 9.17) is 16.0 Å². The maximum Gasteiger partial charge on any atom is 0.283 e. The van der Waals surface area contributed by atoms with Crippen molar-refractivity contribution in [3.63, 3.8) is 0 Å². The van der Waals surface area contributed by atoms with Gasteiger partial charge < -0.3 is 14.3 Å². The number of ether oxygens (including phenoxy) is 2. The molecule has 198 valence electrons. The Morgan fingerprint density at radius 2 is 2.05 bits per heavy atom. The van der Waals surface area contributed by atoms with Gasteiger partial charge in [0.25, 0.3) is 15.8 Å². The summed E-state index contributed by atoms with van der Waals surface area (Å²) in [6.45, 7) is 10.0. The molecule has 10 nitrogen and oxygen atoms in total. The molecule has 1 saturated heterocycles. The van der Waals surface area contributed by atoms with E-state index in [0.29, 0.717) is 52.9 Å². The molecule has 0 unspecified atom stereocenters. The number of amides is 1. The quantitative estimate of drug-likeness (QED) is 0.437. The van der Waals surface area contributed by atoms with Crippen molar-refractivity contribution < 1.29 is 27.1 Å². The first-order chi connectivity index (χ1) is 18.2. The first kappa shape index (κ1) is 26.0. The summed E-state index contributed by atoms with van der Waals surface area (Å²) in [5, 5.41) is 3.90. The van der Waals surface area contributed by atoms with Crippen LogP contribution in [0.2, 0.25) is 0 Å². The van der Waals surface area contributed by atoms with Crippen molar-refractivity contribution in [3.05, 3.63) is 70.1 Å². The number of nitrogens with one attached hydrogen (secondary N) is 1. The molecule has 1 N–H and O–H groups in total. The standard InChI is InChI=1S/C26H26FN5O5S/c1-4-32-22(26(36-3)14-37-15-26)13-25(30-32)38(34,35)31-24(33)12-20-17-6-5-7-18(17)21(27)11-19(20)16-8-9-29-23(10-16)28-2/h8-11,13H,4-7,12,14-15H2,1,3H3,(H,31,33). The fourth-order valence-corrected chi connectivity index (χ4v) is 6.05. The molecular weight excluding hydrogens is 513 g/mol. The number of methoxy groups -OCH3 is 1. The lowest BCUT2D eigenvalue weighted by Crippen LogP contribution is -2.49. The summed E-state index contributed by atoms with van der Waals surface area (Å²) in [7, 11) is -2.78. The minimum Gasteiger partial charge on any atom is -0.374 e. The number of rotatable bonds is 8. The molecule has 1 aliphatic carbocycles. The highest BCUT2D eigenvalue weighted by Crippen LogP contribution is 2.37. The first-order valence-corrected chi connectivity index (χ1v) is 13.6. The minimum atomic E-state index is -4.31. The van der Waals surface area contributed by atoms with Crippen LogP contribution < -0.4 is 4.72 Å². The number of halogens is 1. The number of carbonyl (C=O) groups excluding carboxylic acids is 1. The maximum absolute atomic E-state index is 15.0. The number of pyridine rings is 1. The molecule has 0 atom stereocenters. The molecule has 0 radical (unpaired) electrons. The Balaban J connectivity index is 1.47. The molecule has 1 aromatic carbocycles. The van der Waals surface area contributed by atoms with Gasteiger partial charge in [0.1, 0.15) is 12.0 Å². The average molecular weight is 540 g/mol. The molecule has 1 fully saturated rings. The van der Waals surface area contributed by atoms with Crippen LogP contribution in [-0.4, -0.2) is 49.4 Å².